The van der Waals surface area contributed by atoms with E-state index in [1.54, 1.807) is 18.3 Å². The van der Waals surface area contributed by atoms with E-state index < -0.39 is 5.91 Å². The summed E-state index contributed by atoms with van der Waals surface area (Å²) in [5, 5.41) is 6.63. The molecule has 0 unspecified atom stereocenters. The second-order valence-corrected chi connectivity index (χ2v) is 7.40. The third-order valence-electron chi connectivity index (χ3n) is 5.31. The molecule has 0 spiro atoms. The molecule has 148 valence electrons. The maximum atomic E-state index is 13.6. The van der Waals surface area contributed by atoms with Crippen molar-refractivity contribution in [1.29, 1.82) is 0 Å². The number of rotatable bonds is 5. The lowest BCUT2D eigenvalue weighted by molar-refractivity contribution is 0.100. The number of aromatic nitrogens is 2. The highest BCUT2D eigenvalue weighted by atomic mass is 19.1. The molecule has 2 aromatic heterocycles. The molecule has 6 nitrogen and oxygen atoms in total. The topological polar surface area (TPSA) is 76.3 Å². The standard InChI is InChI=1S/C23H17FN4O2/c24-17-2-1-3-19(12-17)28-9-8-15-10-18(6-7-21(15)28)26-22-20(23(29)27-30)11-16(13-25-22)14-4-5-14/h1-3,6-14H,4-5H2,(H,25,26). The van der Waals surface area contributed by atoms with Crippen LogP contribution < -0.4 is 5.32 Å². The van der Waals surface area contributed by atoms with Crippen molar-refractivity contribution in [1.82, 2.24) is 9.55 Å². The van der Waals surface area contributed by atoms with Crippen molar-refractivity contribution < 1.29 is 9.18 Å². The van der Waals surface area contributed by atoms with Crippen molar-refractivity contribution in [3.05, 3.63) is 88.8 Å². The van der Waals surface area contributed by atoms with Gasteiger partial charge in [0.05, 0.1) is 11.1 Å². The van der Waals surface area contributed by atoms with Crippen molar-refractivity contribution in [2.75, 3.05) is 5.32 Å². The molecule has 0 radical (unpaired) electrons. The second kappa shape index (κ2) is 7.18. The Morgan fingerprint density at radius 3 is 2.77 bits per heavy atom. The Kier molecular flexibility index (Phi) is 4.35. The van der Waals surface area contributed by atoms with Crippen LogP contribution in [0.5, 0.6) is 0 Å². The summed E-state index contributed by atoms with van der Waals surface area (Å²) in [7, 11) is 0. The molecule has 1 fully saturated rings. The average molecular weight is 400 g/mol. The highest BCUT2D eigenvalue weighted by Crippen LogP contribution is 2.40. The van der Waals surface area contributed by atoms with Gasteiger partial charge in [-0.15, -0.1) is 4.91 Å². The van der Waals surface area contributed by atoms with E-state index in [0.29, 0.717) is 17.4 Å². The number of carbonyl (C=O) groups excluding carboxylic acids is 1. The summed E-state index contributed by atoms with van der Waals surface area (Å²) in [4.78, 5) is 27.3. The van der Waals surface area contributed by atoms with Crippen molar-refractivity contribution >= 4 is 28.3 Å². The third kappa shape index (κ3) is 3.34. The number of benzene rings is 2. The van der Waals surface area contributed by atoms with Crippen LogP contribution in [0.1, 0.15) is 34.7 Å². The summed E-state index contributed by atoms with van der Waals surface area (Å²) in [6.07, 6.45) is 5.74. The number of pyridine rings is 1. The first-order valence-corrected chi connectivity index (χ1v) is 9.64. The molecular weight excluding hydrogens is 383 g/mol. The van der Waals surface area contributed by atoms with E-state index in [2.05, 4.69) is 15.5 Å². The molecule has 0 bridgehead atoms. The molecule has 1 amide bonds. The monoisotopic (exact) mass is 400 g/mol. The third-order valence-corrected chi connectivity index (χ3v) is 5.31. The van der Waals surface area contributed by atoms with Crippen LogP contribution in [0.4, 0.5) is 15.9 Å². The minimum Gasteiger partial charge on any atom is -0.340 e. The molecule has 2 heterocycles. The molecule has 2 aromatic carbocycles. The van der Waals surface area contributed by atoms with Crippen molar-refractivity contribution in [2.24, 2.45) is 5.18 Å². The summed E-state index contributed by atoms with van der Waals surface area (Å²) in [5.41, 5.74) is 3.48. The highest BCUT2D eigenvalue weighted by Gasteiger charge is 2.26. The van der Waals surface area contributed by atoms with E-state index in [-0.39, 0.29) is 11.4 Å². The number of amides is 1. The lowest BCUT2D eigenvalue weighted by atomic mass is 10.1. The van der Waals surface area contributed by atoms with Crippen molar-refractivity contribution in [3.8, 4) is 5.69 Å². The van der Waals surface area contributed by atoms with E-state index in [4.69, 9.17) is 0 Å². The molecular formula is C23H17FN4O2. The Hall–Kier alpha value is -3.87. The summed E-state index contributed by atoms with van der Waals surface area (Å²) in [5.74, 6) is -0.434. The van der Waals surface area contributed by atoms with Gasteiger partial charge in [0.15, 0.2) is 0 Å². The highest BCUT2D eigenvalue weighted by molar-refractivity contribution is 6.00. The number of fused-ring (bicyclic) bond motifs is 1. The van der Waals surface area contributed by atoms with Crippen molar-refractivity contribution in [3.63, 3.8) is 0 Å². The predicted molar refractivity (Wildman–Crippen MR) is 113 cm³/mol. The molecule has 1 N–H and O–H groups in total. The van der Waals surface area contributed by atoms with Gasteiger partial charge in [-0.25, -0.2) is 9.37 Å². The van der Waals surface area contributed by atoms with Gasteiger partial charge in [0.25, 0.3) is 0 Å². The summed E-state index contributed by atoms with van der Waals surface area (Å²) in [6, 6.07) is 15.7. The number of halogens is 1. The van der Waals surface area contributed by atoms with Gasteiger partial charge < -0.3 is 9.88 Å². The van der Waals surface area contributed by atoms with Crippen LogP contribution in [0.2, 0.25) is 0 Å². The number of hydrogen-bond donors (Lipinski definition) is 1. The van der Waals surface area contributed by atoms with Gasteiger partial charge in [-0.05, 0) is 72.9 Å². The van der Waals surface area contributed by atoms with E-state index >= 15 is 0 Å². The SMILES string of the molecule is O=NC(=O)c1cc(C2CC2)cnc1Nc1ccc2c(ccn2-c2cccc(F)c2)c1. The van der Waals surface area contributed by atoms with Gasteiger partial charge in [-0.3, -0.25) is 4.79 Å². The van der Waals surface area contributed by atoms with Crippen LogP contribution in [0.25, 0.3) is 16.6 Å². The average Bonchev–Trinajstić information content (AvgIpc) is 3.53. The quantitative estimate of drug-likeness (QED) is 0.437. The second-order valence-electron chi connectivity index (χ2n) is 7.40. The molecule has 1 aliphatic rings. The molecule has 4 aromatic rings. The molecule has 5 rings (SSSR count). The Labute approximate surface area is 171 Å². The number of anilines is 2. The zero-order valence-corrected chi connectivity index (χ0v) is 15.9. The molecule has 7 heteroatoms. The van der Waals surface area contributed by atoms with Gasteiger partial charge in [0.2, 0.25) is 0 Å². The maximum Gasteiger partial charge on any atom is 0.320 e. The Bertz CT molecular complexity index is 1290. The number of nitrogens with zero attached hydrogens (tertiary/aromatic N) is 3. The molecule has 0 aliphatic heterocycles. The smallest absolute Gasteiger partial charge is 0.320 e. The van der Waals surface area contributed by atoms with Crippen molar-refractivity contribution in [2.45, 2.75) is 18.8 Å². The van der Waals surface area contributed by atoms with Gasteiger partial charge >= 0.3 is 5.91 Å². The summed E-state index contributed by atoms with van der Waals surface area (Å²) >= 11 is 0. The maximum absolute atomic E-state index is 13.6. The van der Waals surface area contributed by atoms with E-state index in [1.165, 1.54) is 12.1 Å². The zero-order valence-electron chi connectivity index (χ0n) is 15.9. The first-order chi connectivity index (χ1) is 14.6. The fraction of sp³-hybridized carbons (Fsp3) is 0.130. The van der Waals surface area contributed by atoms with E-state index in [9.17, 15) is 14.1 Å². The van der Waals surface area contributed by atoms with Crippen LogP contribution >= 0.6 is 0 Å². The number of hydrogen-bond acceptors (Lipinski definition) is 4. The molecule has 1 saturated carbocycles. The van der Waals surface area contributed by atoms with Gasteiger partial charge in [-0.2, -0.15) is 0 Å². The Balaban J connectivity index is 1.49. The van der Waals surface area contributed by atoms with Gasteiger partial charge in [-0.1, -0.05) is 6.07 Å². The van der Waals surface area contributed by atoms with Crippen LogP contribution in [-0.4, -0.2) is 15.5 Å². The minimum atomic E-state index is -0.842. The Morgan fingerprint density at radius 2 is 2.00 bits per heavy atom. The predicted octanol–water partition coefficient (Wildman–Crippen LogP) is 5.69. The van der Waals surface area contributed by atoms with Gasteiger partial charge in [0, 0.05) is 34.3 Å². The first kappa shape index (κ1) is 18.2. The zero-order chi connectivity index (χ0) is 20.7. The van der Waals surface area contributed by atoms with Crippen LogP contribution in [-0.2, 0) is 0 Å². The molecule has 0 atom stereocenters. The normalized spacial score (nSPS) is 13.4. The molecule has 0 saturated heterocycles. The number of nitroso groups, excluding NO2 is 1. The molecule has 1 aliphatic carbocycles. The van der Waals surface area contributed by atoms with Crippen LogP contribution in [0.15, 0.2) is 72.2 Å². The summed E-state index contributed by atoms with van der Waals surface area (Å²) in [6.45, 7) is 0. The first-order valence-electron chi connectivity index (χ1n) is 9.64. The molecule has 30 heavy (non-hydrogen) atoms. The lowest BCUT2D eigenvalue weighted by Gasteiger charge is -2.11. The summed E-state index contributed by atoms with van der Waals surface area (Å²) < 4.78 is 15.5. The fourth-order valence-corrected chi connectivity index (χ4v) is 3.64. The van der Waals surface area contributed by atoms with Gasteiger partial charge in [0.1, 0.15) is 11.6 Å². The van der Waals surface area contributed by atoms with Crippen LogP contribution in [0.3, 0.4) is 0 Å². The number of nitrogens with one attached hydrogen (secondary N) is 1. The van der Waals surface area contributed by atoms with E-state index in [0.717, 1.165) is 35.0 Å². The Morgan fingerprint density at radius 1 is 1.13 bits per heavy atom. The number of carbonyl (C=O) groups is 1. The van der Waals surface area contributed by atoms with E-state index in [1.807, 2.05) is 41.1 Å². The lowest BCUT2D eigenvalue weighted by Crippen LogP contribution is -2.05. The minimum absolute atomic E-state index is 0.173. The largest absolute Gasteiger partial charge is 0.340 e. The fourth-order valence-electron chi connectivity index (χ4n) is 3.64. The van der Waals surface area contributed by atoms with Crippen LogP contribution in [0, 0.1) is 10.7 Å².